The number of rotatable bonds is 2. The van der Waals surface area contributed by atoms with Gasteiger partial charge in [-0.05, 0) is 25.0 Å². The monoisotopic (exact) mass is 329 g/mol. The van der Waals surface area contributed by atoms with E-state index in [0.29, 0.717) is 11.6 Å². The van der Waals surface area contributed by atoms with Crippen molar-refractivity contribution in [3.63, 3.8) is 0 Å². The first-order valence-electron chi connectivity index (χ1n) is 7.03. The SMILES string of the molecule is N#Cc1cn(C2CCCCC2)nc1-c1ccc(Br)cc1. The Balaban J connectivity index is 1.96. The molecule has 0 spiro atoms. The van der Waals surface area contributed by atoms with Crippen LogP contribution in [0.25, 0.3) is 11.3 Å². The average molecular weight is 330 g/mol. The molecule has 3 nitrogen and oxygen atoms in total. The van der Waals surface area contributed by atoms with Crippen molar-refractivity contribution in [3.8, 4) is 17.3 Å². The Morgan fingerprint density at radius 1 is 1.15 bits per heavy atom. The van der Waals surface area contributed by atoms with Crippen LogP contribution in [0, 0.1) is 11.3 Å². The molecule has 0 aliphatic heterocycles. The topological polar surface area (TPSA) is 41.6 Å². The molecule has 102 valence electrons. The largest absolute Gasteiger partial charge is 0.268 e. The van der Waals surface area contributed by atoms with Gasteiger partial charge in [-0.25, -0.2) is 0 Å². The summed E-state index contributed by atoms with van der Waals surface area (Å²) in [4.78, 5) is 0. The first-order valence-corrected chi connectivity index (χ1v) is 7.82. The van der Waals surface area contributed by atoms with Gasteiger partial charge >= 0.3 is 0 Å². The van der Waals surface area contributed by atoms with E-state index in [9.17, 15) is 5.26 Å². The molecule has 0 N–H and O–H groups in total. The van der Waals surface area contributed by atoms with E-state index in [1.807, 2.05) is 35.1 Å². The number of hydrogen-bond donors (Lipinski definition) is 0. The van der Waals surface area contributed by atoms with E-state index in [1.54, 1.807) is 0 Å². The minimum Gasteiger partial charge on any atom is -0.268 e. The first-order chi connectivity index (χ1) is 9.78. The van der Waals surface area contributed by atoms with Crippen molar-refractivity contribution in [2.24, 2.45) is 0 Å². The molecular formula is C16H16BrN3. The summed E-state index contributed by atoms with van der Waals surface area (Å²) in [5.41, 5.74) is 2.46. The third-order valence-corrected chi connectivity index (χ3v) is 4.45. The Kier molecular flexibility index (Phi) is 3.88. The van der Waals surface area contributed by atoms with Gasteiger partial charge in [-0.15, -0.1) is 0 Å². The van der Waals surface area contributed by atoms with Crippen LogP contribution >= 0.6 is 15.9 Å². The standard InChI is InChI=1S/C16H16BrN3/c17-14-8-6-12(7-9-14)16-13(10-18)11-20(19-16)15-4-2-1-3-5-15/h6-9,11,15H,1-5H2. The summed E-state index contributed by atoms with van der Waals surface area (Å²) in [7, 11) is 0. The van der Waals surface area contributed by atoms with Crippen LogP contribution in [0.4, 0.5) is 0 Å². The lowest BCUT2D eigenvalue weighted by Crippen LogP contribution is -2.13. The number of aromatic nitrogens is 2. The van der Waals surface area contributed by atoms with Crippen molar-refractivity contribution >= 4 is 15.9 Å². The summed E-state index contributed by atoms with van der Waals surface area (Å²) in [6, 6.07) is 10.7. The molecule has 20 heavy (non-hydrogen) atoms. The fourth-order valence-corrected chi connectivity index (χ4v) is 3.09. The third-order valence-electron chi connectivity index (χ3n) is 3.92. The van der Waals surface area contributed by atoms with Gasteiger partial charge in [0, 0.05) is 16.2 Å². The molecule has 0 bridgehead atoms. The molecule has 0 saturated heterocycles. The molecule has 1 heterocycles. The van der Waals surface area contributed by atoms with Crippen LogP contribution < -0.4 is 0 Å². The molecule has 1 aliphatic rings. The second-order valence-electron chi connectivity index (χ2n) is 5.28. The zero-order valence-electron chi connectivity index (χ0n) is 11.2. The van der Waals surface area contributed by atoms with E-state index in [4.69, 9.17) is 0 Å². The molecule has 4 heteroatoms. The van der Waals surface area contributed by atoms with Crippen LogP contribution in [0.2, 0.25) is 0 Å². The van der Waals surface area contributed by atoms with Crippen LogP contribution in [0.5, 0.6) is 0 Å². The van der Waals surface area contributed by atoms with Crippen LogP contribution in [0.3, 0.4) is 0 Å². The fraction of sp³-hybridized carbons (Fsp3) is 0.375. The minimum atomic E-state index is 0.458. The third kappa shape index (κ3) is 2.64. The molecule has 1 saturated carbocycles. The number of nitrogens with zero attached hydrogens (tertiary/aromatic N) is 3. The molecule has 1 fully saturated rings. The highest BCUT2D eigenvalue weighted by molar-refractivity contribution is 9.10. The molecule has 0 amide bonds. The minimum absolute atomic E-state index is 0.458. The normalized spacial score (nSPS) is 16.0. The van der Waals surface area contributed by atoms with Gasteiger partial charge in [0.2, 0.25) is 0 Å². The molecular weight excluding hydrogens is 314 g/mol. The summed E-state index contributed by atoms with van der Waals surface area (Å²) in [5.74, 6) is 0. The average Bonchev–Trinajstić information content (AvgIpc) is 2.93. The molecule has 3 rings (SSSR count). The van der Waals surface area contributed by atoms with Crippen molar-refractivity contribution < 1.29 is 0 Å². The summed E-state index contributed by atoms with van der Waals surface area (Å²) in [6.07, 6.45) is 8.11. The number of nitriles is 1. The van der Waals surface area contributed by atoms with E-state index < -0.39 is 0 Å². The Morgan fingerprint density at radius 2 is 1.85 bits per heavy atom. The van der Waals surface area contributed by atoms with Crippen LogP contribution in [0.1, 0.15) is 43.7 Å². The van der Waals surface area contributed by atoms with E-state index in [1.165, 1.54) is 32.1 Å². The van der Waals surface area contributed by atoms with E-state index in [0.717, 1.165) is 15.7 Å². The number of hydrogen-bond acceptors (Lipinski definition) is 2. The van der Waals surface area contributed by atoms with Crippen molar-refractivity contribution in [3.05, 3.63) is 40.5 Å². The van der Waals surface area contributed by atoms with E-state index in [-0.39, 0.29) is 0 Å². The lowest BCUT2D eigenvalue weighted by molar-refractivity contribution is 0.330. The summed E-state index contributed by atoms with van der Waals surface area (Å²) in [6.45, 7) is 0. The summed E-state index contributed by atoms with van der Waals surface area (Å²) >= 11 is 3.43. The molecule has 0 radical (unpaired) electrons. The second-order valence-corrected chi connectivity index (χ2v) is 6.20. The summed E-state index contributed by atoms with van der Waals surface area (Å²) < 4.78 is 3.04. The van der Waals surface area contributed by atoms with E-state index >= 15 is 0 Å². The second kappa shape index (κ2) is 5.80. The van der Waals surface area contributed by atoms with Gasteiger partial charge in [-0.3, -0.25) is 4.68 Å². The summed E-state index contributed by atoms with van der Waals surface area (Å²) in [5, 5.41) is 14.0. The van der Waals surface area contributed by atoms with Crippen molar-refractivity contribution in [2.75, 3.05) is 0 Å². The van der Waals surface area contributed by atoms with E-state index in [2.05, 4.69) is 27.1 Å². The van der Waals surface area contributed by atoms with Gasteiger partial charge in [0.25, 0.3) is 0 Å². The smallest absolute Gasteiger partial charge is 0.110 e. The van der Waals surface area contributed by atoms with Crippen LogP contribution in [-0.2, 0) is 0 Å². The van der Waals surface area contributed by atoms with Gasteiger partial charge in [0.05, 0.1) is 11.6 Å². The van der Waals surface area contributed by atoms with Crippen molar-refractivity contribution in [2.45, 2.75) is 38.1 Å². The molecule has 0 unspecified atom stereocenters. The lowest BCUT2D eigenvalue weighted by atomic mass is 9.96. The van der Waals surface area contributed by atoms with Crippen molar-refractivity contribution in [1.82, 2.24) is 9.78 Å². The Hall–Kier alpha value is -1.60. The highest BCUT2D eigenvalue weighted by atomic mass is 79.9. The molecule has 0 atom stereocenters. The maximum atomic E-state index is 9.33. The van der Waals surface area contributed by atoms with Crippen molar-refractivity contribution in [1.29, 1.82) is 5.26 Å². The van der Waals surface area contributed by atoms with Crippen LogP contribution in [0.15, 0.2) is 34.9 Å². The zero-order chi connectivity index (χ0) is 13.9. The molecule has 1 aromatic heterocycles. The quantitative estimate of drug-likeness (QED) is 0.801. The first kappa shape index (κ1) is 13.4. The van der Waals surface area contributed by atoms with Crippen LogP contribution in [-0.4, -0.2) is 9.78 Å². The van der Waals surface area contributed by atoms with Gasteiger partial charge < -0.3 is 0 Å². The van der Waals surface area contributed by atoms with Gasteiger partial charge in [0.15, 0.2) is 0 Å². The highest BCUT2D eigenvalue weighted by Crippen LogP contribution is 2.30. The fourth-order valence-electron chi connectivity index (χ4n) is 2.83. The van der Waals surface area contributed by atoms with Gasteiger partial charge in [-0.1, -0.05) is 47.3 Å². The molecule has 1 aromatic carbocycles. The lowest BCUT2D eigenvalue weighted by Gasteiger charge is -2.21. The van der Waals surface area contributed by atoms with Gasteiger partial charge in [0.1, 0.15) is 11.8 Å². The molecule has 1 aliphatic carbocycles. The predicted octanol–water partition coefficient (Wildman–Crippen LogP) is 4.69. The maximum absolute atomic E-state index is 9.33. The number of halogens is 1. The molecule has 2 aromatic rings. The predicted molar refractivity (Wildman–Crippen MR) is 82.2 cm³/mol. The number of benzene rings is 1. The zero-order valence-corrected chi connectivity index (χ0v) is 12.8. The Bertz CT molecular complexity index is 631. The highest BCUT2D eigenvalue weighted by Gasteiger charge is 2.19. The van der Waals surface area contributed by atoms with Gasteiger partial charge in [-0.2, -0.15) is 10.4 Å². The Labute approximate surface area is 127 Å². The Morgan fingerprint density at radius 3 is 2.50 bits per heavy atom. The maximum Gasteiger partial charge on any atom is 0.110 e.